The molecule has 1 aromatic rings. The second kappa shape index (κ2) is 7.98. The normalized spacial score (nSPS) is 10.4. The van der Waals surface area contributed by atoms with Gasteiger partial charge in [-0.2, -0.15) is 11.8 Å². The zero-order valence-electron chi connectivity index (χ0n) is 9.66. The van der Waals surface area contributed by atoms with Crippen LogP contribution in [0, 0.1) is 0 Å². The van der Waals surface area contributed by atoms with Crippen LogP contribution >= 0.6 is 27.7 Å². The van der Waals surface area contributed by atoms with Gasteiger partial charge in [0.15, 0.2) is 0 Å². The molecule has 0 radical (unpaired) electrons. The molecule has 0 aromatic heterocycles. The van der Waals surface area contributed by atoms with Crippen LogP contribution in [0.4, 0.5) is 0 Å². The van der Waals surface area contributed by atoms with Crippen molar-refractivity contribution >= 4 is 27.7 Å². The van der Waals surface area contributed by atoms with Crippen molar-refractivity contribution in [2.75, 3.05) is 26.6 Å². The van der Waals surface area contributed by atoms with E-state index < -0.39 is 0 Å². The van der Waals surface area contributed by atoms with Crippen molar-refractivity contribution < 1.29 is 9.47 Å². The van der Waals surface area contributed by atoms with Gasteiger partial charge in [0.25, 0.3) is 0 Å². The van der Waals surface area contributed by atoms with Gasteiger partial charge in [-0.25, -0.2) is 0 Å². The SMILES string of the molecule is COCCCSCc1cc(Br)ccc1OC. The average molecular weight is 305 g/mol. The van der Waals surface area contributed by atoms with Crippen LogP contribution in [0.25, 0.3) is 0 Å². The molecule has 0 heterocycles. The van der Waals surface area contributed by atoms with Crippen LogP contribution < -0.4 is 4.74 Å². The van der Waals surface area contributed by atoms with E-state index in [0.717, 1.165) is 34.8 Å². The molecule has 0 spiro atoms. The topological polar surface area (TPSA) is 18.5 Å². The Bertz CT molecular complexity index is 318. The first-order valence-corrected chi connectivity index (χ1v) is 7.11. The van der Waals surface area contributed by atoms with Crippen LogP contribution in [0.15, 0.2) is 22.7 Å². The number of hydrogen-bond acceptors (Lipinski definition) is 3. The van der Waals surface area contributed by atoms with E-state index in [1.165, 1.54) is 5.56 Å². The van der Waals surface area contributed by atoms with E-state index in [1.54, 1.807) is 14.2 Å². The van der Waals surface area contributed by atoms with Crippen molar-refractivity contribution in [2.45, 2.75) is 12.2 Å². The van der Waals surface area contributed by atoms with Crippen LogP contribution in [-0.4, -0.2) is 26.6 Å². The Labute approximate surface area is 110 Å². The van der Waals surface area contributed by atoms with Crippen LogP contribution in [0.1, 0.15) is 12.0 Å². The number of hydrogen-bond donors (Lipinski definition) is 0. The van der Waals surface area contributed by atoms with E-state index in [1.807, 2.05) is 23.9 Å². The second-order valence-corrected chi connectivity index (χ2v) is 5.38. The Hall–Kier alpha value is -0.190. The molecule has 0 N–H and O–H groups in total. The second-order valence-electron chi connectivity index (χ2n) is 3.36. The molecule has 90 valence electrons. The third-order valence-corrected chi connectivity index (χ3v) is 3.72. The highest BCUT2D eigenvalue weighted by Crippen LogP contribution is 2.26. The summed E-state index contributed by atoms with van der Waals surface area (Å²) in [6, 6.07) is 6.11. The average Bonchev–Trinajstić information content (AvgIpc) is 2.29. The van der Waals surface area contributed by atoms with Gasteiger partial charge in [0.2, 0.25) is 0 Å². The third-order valence-electron chi connectivity index (χ3n) is 2.14. The van der Waals surface area contributed by atoms with Crippen molar-refractivity contribution in [2.24, 2.45) is 0 Å². The van der Waals surface area contributed by atoms with Crippen molar-refractivity contribution in [3.05, 3.63) is 28.2 Å². The van der Waals surface area contributed by atoms with Gasteiger partial charge in [-0.05, 0) is 30.4 Å². The van der Waals surface area contributed by atoms with E-state index in [2.05, 4.69) is 22.0 Å². The summed E-state index contributed by atoms with van der Waals surface area (Å²) in [7, 11) is 3.45. The third kappa shape index (κ3) is 4.76. The largest absolute Gasteiger partial charge is 0.496 e. The van der Waals surface area contributed by atoms with Gasteiger partial charge < -0.3 is 9.47 Å². The Balaban J connectivity index is 2.42. The minimum atomic E-state index is 0.836. The lowest BCUT2D eigenvalue weighted by atomic mass is 10.2. The minimum Gasteiger partial charge on any atom is -0.496 e. The summed E-state index contributed by atoms with van der Waals surface area (Å²) < 4.78 is 11.4. The van der Waals surface area contributed by atoms with Gasteiger partial charge >= 0.3 is 0 Å². The molecule has 16 heavy (non-hydrogen) atoms. The summed E-state index contributed by atoms with van der Waals surface area (Å²) in [5.41, 5.74) is 1.24. The fraction of sp³-hybridized carbons (Fsp3) is 0.500. The number of benzene rings is 1. The Kier molecular flexibility index (Phi) is 6.92. The van der Waals surface area contributed by atoms with E-state index in [-0.39, 0.29) is 0 Å². The highest BCUT2D eigenvalue weighted by atomic mass is 79.9. The number of thioether (sulfide) groups is 1. The molecule has 0 saturated carbocycles. The van der Waals surface area contributed by atoms with Crippen LogP contribution in [-0.2, 0) is 10.5 Å². The van der Waals surface area contributed by atoms with E-state index in [0.29, 0.717) is 0 Å². The molecule has 0 amide bonds. The zero-order chi connectivity index (χ0) is 11.8. The highest BCUT2D eigenvalue weighted by Gasteiger charge is 2.03. The van der Waals surface area contributed by atoms with Gasteiger partial charge in [0.05, 0.1) is 7.11 Å². The Morgan fingerprint density at radius 2 is 2.12 bits per heavy atom. The maximum atomic E-state index is 5.32. The van der Waals surface area contributed by atoms with Crippen molar-refractivity contribution in [1.29, 1.82) is 0 Å². The minimum absolute atomic E-state index is 0.836. The van der Waals surface area contributed by atoms with E-state index >= 15 is 0 Å². The summed E-state index contributed by atoms with van der Waals surface area (Å²) >= 11 is 5.38. The highest BCUT2D eigenvalue weighted by molar-refractivity contribution is 9.10. The van der Waals surface area contributed by atoms with E-state index in [9.17, 15) is 0 Å². The molecule has 1 aromatic carbocycles. The number of rotatable bonds is 7. The summed E-state index contributed by atoms with van der Waals surface area (Å²) in [6.07, 6.45) is 1.09. The molecular formula is C12H17BrO2S. The van der Waals surface area contributed by atoms with Gasteiger partial charge in [-0.1, -0.05) is 15.9 Å². The molecule has 1 rings (SSSR count). The predicted molar refractivity (Wildman–Crippen MR) is 73.3 cm³/mol. The summed E-state index contributed by atoms with van der Waals surface area (Å²) in [5.74, 6) is 3.05. The van der Waals surface area contributed by atoms with Crippen LogP contribution in [0.3, 0.4) is 0 Å². The first kappa shape index (κ1) is 13.9. The molecule has 0 aliphatic carbocycles. The molecule has 0 aliphatic rings. The predicted octanol–water partition coefficient (Wildman–Crippen LogP) is 3.73. The molecule has 0 aliphatic heterocycles. The summed E-state index contributed by atoms with van der Waals surface area (Å²) in [6.45, 7) is 0.836. The molecule has 0 atom stereocenters. The summed E-state index contributed by atoms with van der Waals surface area (Å²) in [4.78, 5) is 0. The van der Waals surface area contributed by atoms with Gasteiger partial charge in [0, 0.05) is 29.5 Å². The fourth-order valence-corrected chi connectivity index (χ4v) is 2.67. The van der Waals surface area contributed by atoms with Crippen molar-refractivity contribution in [1.82, 2.24) is 0 Å². The molecule has 0 bridgehead atoms. The molecule has 0 fully saturated rings. The number of halogens is 1. The van der Waals surface area contributed by atoms with Crippen molar-refractivity contribution in [3.8, 4) is 5.75 Å². The van der Waals surface area contributed by atoms with Crippen molar-refractivity contribution in [3.63, 3.8) is 0 Å². The van der Waals surface area contributed by atoms with Gasteiger partial charge in [-0.3, -0.25) is 0 Å². The zero-order valence-corrected chi connectivity index (χ0v) is 12.1. The van der Waals surface area contributed by atoms with Gasteiger partial charge in [-0.15, -0.1) is 0 Å². The van der Waals surface area contributed by atoms with Gasteiger partial charge in [0.1, 0.15) is 5.75 Å². The number of ether oxygens (including phenoxy) is 2. The monoisotopic (exact) mass is 304 g/mol. The molecule has 4 heteroatoms. The Morgan fingerprint density at radius 3 is 2.81 bits per heavy atom. The molecule has 2 nitrogen and oxygen atoms in total. The first-order chi connectivity index (χ1) is 7.77. The lowest BCUT2D eigenvalue weighted by Crippen LogP contribution is -1.93. The van der Waals surface area contributed by atoms with E-state index in [4.69, 9.17) is 9.47 Å². The summed E-state index contributed by atoms with van der Waals surface area (Å²) in [5, 5.41) is 0. The first-order valence-electron chi connectivity index (χ1n) is 5.17. The maximum Gasteiger partial charge on any atom is 0.122 e. The number of methoxy groups -OCH3 is 2. The molecule has 0 saturated heterocycles. The Morgan fingerprint density at radius 1 is 1.31 bits per heavy atom. The smallest absolute Gasteiger partial charge is 0.122 e. The lowest BCUT2D eigenvalue weighted by molar-refractivity contribution is 0.200. The standard InChI is InChI=1S/C12H17BrO2S/c1-14-6-3-7-16-9-10-8-11(13)4-5-12(10)15-2/h4-5,8H,3,6-7,9H2,1-2H3. The maximum absolute atomic E-state index is 5.32. The van der Waals surface area contributed by atoms with Crippen LogP contribution in [0.2, 0.25) is 0 Å². The lowest BCUT2D eigenvalue weighted by Gasteiger charge is -2.08. The molecular weight excluding hydrogens is 288 g/mol. The van der Waals surface area contributed by atoms with Crippen LogP contribution in [0.5, 0.6) is 5.75 Å². The fourth-order valence-electron chi connectivity index (χ4n) is 1.35. The molecule has 0 unspecified atom stereocenters. The quantitative estimate of drug-likeness (QED) is 0.715.